The Morgan fingerprint density at radius 3 is 1.68 bits per heavy atom. The van der Waals surface area contributed by atoms with Crippen molar-refractivity contribution in [2.45, 2.75) is 5.41 Å². The van der Waals surface area contributed by atoms with Gasteiger partial charge >= 0.3 is 0 Å². The van der Waals surface area contributed by atoms with E-state index in [0.29, 0.717) is 0 Å². The van der Waals surface area contributed by atoms with Gasteiger partial charge in [-0.1, -0.05) is 127 Å². The van der Waals surface area contributed by atoms with Gasteiger partial charge in [-0.2, -0.15) is 0 Å². The summed E-state index contributed by atoms with van der Waals surface area (Å²) in [6.07, 6.45) is 0. The molecule has 31 heavy (non-hydrogen) atoms. The molecule has 0 nitrogen and oxygen atoms in total. The molecule has 1 aliphatic carbocycles. The third-order valence-electron chi connectivity index (χ3n) is 6.50. The Labute approximate surface area is 183 Å². The zero-order valence-corrected chi connectivity index (χ0v) is 17.1. The van der Waals surface area contributed by atoms with Crippen molar-refractivity contribution < 1.29 is 0 Å². The molecule has 0 spiro atoms. The molecule has 1 radical (unpaired) electrons. The summed E-state index contributed by atoms with van der Waals surface area (Å²) in [5, 5.41) is 0. The molecule has 0 unspecified atom stereocenters. The Bertz CT molecular complexity index is 1310. The van der Waals surface area contributed by atoms with Crippen molar-refractivity contribution in [3.63, 3.8) is 0 Å². The van der Waals surface area contributed by atoms with E-state index in [2.05, 4.69) is 121 Å². The second kappa shape index (κ2) is 7.11. The van der Waals surface area contributed by atoms with Gasteiger partial charge in [0.05, 0.1) is 5.41 Å². The van der Waals surface area contributed by atoms with Crippen molar-refractivity contribution in [2.75, 3.05) is 0 Å². The summed E-state index contributed by atoms with van der Waals surface area (Å²) in [6.45, 7) is 0. The van der Waals surface area contributed by atoms with Gasteiger partial charge in [-0.05, 0) is 50.6 Å². The van der Waals surface area contributed by atoms with E-state index in [1.165, 1.54) is 44.5 Å². The summed E-state index contributed by atoms with van der Waals surface area (Å²) >= 11 is 0. The third-order valence-corrected chi connectivity index (χ3v) is 6.50. The predicted octanol–water partition coefficient (Wildman–Crippen LogP) is 7.52. The highest BCUT2D eigenvalue weighted by Gasteiger charge is 2.47. The molecule has 5 aromatic rings. The van der Waals surface area contributed by atoms with E-state index in [9.17, 15) is 0 Å². The first-order chi connectivity index (χ1) is 15.4. The van der Waals surface area contributed by atoms with E-state index in [0.717, 1.165) is 0 Å². The maximum atomic E-state index is 3.17. The van der Waals surface area contributed by atoms with Crippen molar-refractivity contribution in [1.82, 2.24) is 0 Å². The molecule has 0 amide bonds. The van der Waals surface area contributed by atoms with E-state index in [1.807, 2.05) is 12.1 Å². The van der Waals surface area contributed by atoms with Crippen molar-refractivity contribution in [3.8, 4) is 22.3 Å². The number of rotatable bonds is 3. The van der Waals surface area contributed by atoms with Crippen LogP contribution in [0, 0.1) is 6.07 Å². The lowest BCUT2D eigenvalue weighted by Gasteiger charge is -2.35. The number of fused-ring (bicyclic) bond motifs is 3. The van der Waals surface area contributed by atoms with E-state index < -0.39 is 0 Å². The van der Waals surface area contributed by atoms with Gasteiger partial charge in [0.25, 0.3) is 0 Å². The molecule has 0 aromatic heterocycles. The van der Waals surface area contributed by atoms with Crippen LogP contribution in [0.15, 0.2) is 127 Å². The van der Waals surface area contributed by atoms with Crippen LogP contribution < -0.4 is 0 Å². The van der Waals surface area contributed by atoms with Gasteiger partial charge in [-0.3, -0.25) is 0 Å². The minimum atomic E-state index is -0.370. The van der Waals surface area contributed by atoms with Crippen LogP contribution in [0.2, 0.25) is 0 Å². The first kappa shape index (κ1) is 17.9. The Balaban J connectivity index is 1.82. The fourth-order valence-corrected chi connectivity index (χ4v) is 5.31. The van der Waals surface area contributed by atoms with Gasteiger partial charge in [-0.25, -0.2) is 0 Å². The van der Waals surface area contributed by atoms with Gasteiger partial charge < -0.3 is 0 Å². The van der Waals surface area contributed by atoms with Crippen LogP contribution >= 0.6 is 0 Å². The zero-order chi connectivity index (χ0) is 20.7. The summed E-state index contributed by atoms with van der Waals surface area (Å²) in [5.41, 5.74) is 10.0. The number of hydrogen-bond acceptors (Lipinski definition) is 0. The second-order valence-electron chi connectivity index (χ2n) is 8.04. The minimum Gasteiger partial charge on any atom is -0.0622 e. The van der Waals surface area contributed by atoms with E-state index in [4.69, 9.17) is 0 Å². The molecule has 0 fully saturated rings. The van der Waals surface area contributed by atoms with Crippen LogP contribution in [0.1, 0.15) is 22.3 Å². The monoisotopic (exact) mass is 393 g/mol. The maximum absolute atomic E-state index is 3.17. The fraction of sp³-hybridized carbons (Fsp3) is 0.0323. The SMILES string of the molecule is [c]1ccc(-c2cccc3c2C(c2ccccc2)(c2ccccc2)c2ccccc2-3)cc1. The standard InChI is InChI=1S/C31H21/c1-4-13-23(14-5-1)26-20-12-21-28-27-19-10-11-22-29(27)31(30(26)28,24-15-6-2-7-16-24)25-17-8-3-9-18-25/h2-22H. The quantitative estimate of drug-likeness (QED) is 0.292. The average molecular weight is 394 g/mol. The Kier molecular flexibility index (Phi) is 4.11. The largest absolute Gasteiger partial charge is 0.0719 e. The van der Waals surface area contributed by atoms with Gasteiger partial charge in [0.2, 0.25) is 0 Å². The molecule has 0 atom stereocenters. The molecule has 0 bridgehead atoms. The Morgan fingerprint density at radius 2 is 1.00 bits per heavy atom. The molecule has 0 N–H and O–H groups in total. The smallest absolute Gasteiger partial charge is 0.0622 e. The molecule has 0 saturated heterocycles. The van der Waals surface area contributed by atoms with Crippen LogP contribution in [-0.4, -0.2) is 0 Å². The van der Waals surface area contributed by atoms with E-state index in [-0.39, 0.29) is 5.41 Å². The minimum absolute atomic E-state index is 0.370. The zero-order valence-electron chi connectivity index (χ0n) is 17.1. The lowest BCUT2D eigenvalue weighted by atomic mass is 9.66. The van der Waals surface area contributed by atoms with Gasteiger partial charge in [0, 0.05) is 0 Å². The molecule has 0 heterocycles. The lowest BCUT2D eigenvalue weighted by Crippen LogP contribution is -2.29. The van der Waals surface area contributed by atoms with Crippen molar-refractivity contribution in [3.05, 3.63) is 156 Å². The summed E-state index contributed by atoms with van der Waals surface area (Å²) in [4.78, 5) is 0. The summed E-state index contributed by atoms with van der Waals surface area (Å²) in [6, 6.07) is 49.0. The molecule has 6 rings (SSSR count). The molecule has 0 aliphatic heterocycles. The second-order valence-corrected chi connectivity index (χ2v) is 8.04. The summed E-state index contributed by atoms with van der Waals surface area (Å²) in [5.74, 6) is 0. The highest BCUT2D eigenvalue weighted by Crippen LogP contribution is 2.58. The highest BCUT2D eigenvalue weighted by atomic mass is 14.5. The highest BCUT2D eigenvalue weighted by molar-refractivity contribution is 5.92. The van der Waals surface area contributed by atoms with Crippen molar-refractivity contribution in [2.24, 2.45) is 0 Å². The van der Waals surface area contributed by atoms with Gasteiger partial charge in [-0.15, -0.1) is 0 Å². The van der Waals surface area contributed by atoms with Gasteiger partial charge in [0.1, 0.15) is 0 Å². The lowest BCUT2D eigenvalue weighted by molar-refractivity contribution is 0.770. The van der Waals surface area contributed by atoms with Crippen LogP contribution in [0.25, 0.3) is 22.3 Å². The van der Waals surface area contributed by atoms with E-state index in [1.54, 1.807) is 0 Å². The topological polar surface area (TPSA) is 0 Å². The third kappa shape index (κ3) is 2.55. The van der Waals surface area contributed by atoms with Crippen LogP contribution in [0.4, 0.5) is 0 Å². The molecule has 145 valence electrons. The Morgan fingerprint density at radius 1 is 0.452 bits per heavy atom. The molecule has 1 aliphatic rings. The first-order valence-electron chi connectivity index (χ1n) is 10.7. The number of benzene rings is 5. The van der Waals surface area contributed by atoms with Crippen LogP contribution in [-0.2, 0) is 5.41 Å². The molecular formula is C31H21. The van der Waals surface area contributed by atoms with Crippen LogP contribution in [0.5, 0.6) is 0 Å². The normalized spacial score (nSPS) is 13.4. The summed E-state index contributed by atoms with van der Waals surface area (Å²) in [7, 11) is 0. The van der Waals surface area contributed by atoms with Crippen molar-refractivity contribution >= 4 is 0 Å². The number of hydrogen-bond donors (Lipinski definition) is 0. The van der Waals surface area contributed by atoms with Crippen molar-refractivity contribution in [1.29, 1.82) is 0 Å². The van der Waals surface area contributed by atoms with E-state index >= 15 is 0 Å². The molecule has 0 saturated carbocycles. The average Bonchev–Trinajstić information content (AvgIpc) is 3.17. The molecule has 0 heteroatoms. The summed E-state index contributed by atoms with van der Waals surface area (Å²) < 4.78 is 0. The molecular weight excluding hydrogens is 372 g/mol. The maximum Gasteiger partial charge on any atom is 0.0719 e. The fourth-order valence-electron chi connectivity index (χ4n) is 5.31. The van der Waals surface area contributed by atoms with Gasteiger partial charge in [0.15, 0.2) is 0 Å². The molecule has 5 aromatic carbocycles. The van der Waals surface area contributed by atoms with Crippen LogP contribution in [0.3, 0.4) is 0 Å². The first-order valence-corrected chi connectivity index (χ1v) is 10.7. The predicted molar refractivity (Wildman–Crippen MR) is 128 cm³/mol. The Hall–Kier alpha value is -3.90.